The predicted molar refractivity (Wildman–Crippen MR) is 157 cm³/mol. The van der Waals surface area contributed by atoms with Gasteiger partial charge in [-0.05, 0) is 38.8 Å². The fraction of sp³-hybridized carbons (Fsp3) is 0.206. The second-order valence-corrected chi connectivity index (χ2v) is 8.92. The van der Waals surface area contributed by atoms with Crippen LogP contribution in [0.4, 0.5) is 0 Å². The third-order valence-corrected chi connectivity index (χ3v) is 6.39. The van der Waals surface area contributed by atoms with Gasteiger partial charge in [-0.25, -0.2) is 9.13 Å². The van der Waals surface area contributed by atoms with Crippen LogP contribution in [0, 0.1) is 0 Å². The van der Waals surface area contributed by atoms with Crippen molar-refractivity contribution < 1.29 is 4.57 Å². The molecule has 0 fully saturated rings. The third-order valence-electron chi connectivity index (χ3n) is 6.39. The molecule has 3 rings (SSSR count). The normalized spacial score (nSPS) is 18.4. The van der Waals surface area contributed by atoms with Crippen LogP contribution in [-0.4, -0.2) is 4.57 Å². The smallest absolute Gasteiger partial charge is 0.225 e. The van der Waals surface area contributed by atoms with E-state index >= 15 is 0 Å². The van der Waals surface area contributed by atoms with Crippen LogP contribution in [0.2, 0.25) is 0 Å². The Morgan fingerprint density at radius 3 is 2.53 bits per heavy atom. The minimum Gasteiger partial charge on any atom is -0.225 e. The molecule has 0 radical (unpaired) electrons. The maximum Gasteiger partial charge on any atom is 0.289 e. The van der Waals surface area contributed by atoms with Gasteiger partial charge in [0.05, 0.1) is 18.5 Å². The first-order valence-corrected chi connectivity index (χ1v) is 12.6. The van der Waals surface area contributed by atoms with Gasteiger partial charge in [-0.1, -0.05) is 122 Å². The summed E-state index contributed by atoms with van der Waals surface area (Å²) in [5, 5.41) is 0. The Bertz CT molecular complexity index is 1280. The molecule has 0 aliphatic heterocycles. The maximum absolute atomic E-state index is 4.49. The molecule has 0 saturated carbocycles. The Morgan fingerprint density at radius 1 is 1.08 bits per heavy atom. The number of hydrogen-bond donors (Lipinski definition) is 0. The van der Waals surface area contributed by atoms with Gasteiger partial charge in [0.15, 0.2) is 11.4 Å². The molecule has 184 valence electrons. The van der Waals surface area contributed by atoms with Gasteiger partial charge < -0.3 is 0 Å². The van der Waals surface area contributed by atoms with E-state index in [2.05, 4.69) is 127 Å². The summed E-state index contributed by atoms with van der Waals surface area (Å²) in [6, 6.07) is 10.7. The lowest BCUT2D eigenvalue weighted by atomic mass is 9.90. The van der Waals surface area contributed by atoms with Crippen molar-refractivity contribution in [1.29, 1.82) is 0 Å². The van der Waals surface area contributed by atoms with Crippen molar-refractivity contribution in [1.82, 2.24) is 4.57 Å². The maximum atomic E-state index is 4.49. The van der Waals surface area contributed by atoms with Gasteiger partial charge in [-0.15, -0.1) is 0 Å². The van der Waals surface area contributed by atoms with Crippen LogP contribution in [0.15, 0.2) is 128 Å². The van der Waals surface area contributed by atoms with E-state index in [1.165, 1.54) is 16.8 Å². The molecule has 2 nitrogen and oxygen atoms in total. The quantitative estimate of drug-likeness (QED) is 0.196. The van der Waals surface area contributed by atoms with Crippen LogP contribution in [0.5, 0.6) is 0 Å². The van der Waals surface area contributed by atoms with Gasteiger partial charge in [0.25, 0.3) is 5.82 Å². The average Bonchev–Trinajstić information content (AvgIpc) is 3.14. The molecule has 0 spiro atoms. The Kier molecular flexibility index (Phi) is 9.82. The zero-order valence-corrected chi connectivity index (χ0v) is 22.2. The molecule has 1 aromatic heterocycles. The lowest BCUT2D eigenvalue weighted by Crippen LogP contribution is -2.35. The second-order valence-electron chi connectivity index (χ2n) is 8.92. The average molecular weight is 476 g/mol. The number of benzene rings is 1. The first-order valence-electron chi connectivity index (χ1n) is 12.6. The van der Waals surface area contributed by atoms with Crippen LogP contribution in [0.1, 0.15) is 55.9 Å². The van der Waals surface area contributed by atoms with Crippen LogP contribution in [0.3, 0.4) is 0 Å². The molecule has 1 aromatic carbocycles. The molecule has 0 bridgehead atoms. The summed E-state index contributed by atoms with van der Waals surface area (Å²) in [5.41, 5.74) is 7.03. The predicted octanol–water partition coefficient (Wildman–Crippen LogP) is 8.20. The molecule has 2 heteroatoms. The first kappa shape index (κ1) is 26.7. The van der Waals surface area contributed by atoms with E-state index in [0.29, 0.717) is 0 Å². The molecule has 1 atom stereocenters. The Balaban J connectivity index is 2.42. The first-order chi connectivity index (χ1) is 17.5. The zero-order chi connectivity index (χ0) is 25.9. The van der Waals surface area contributed by atoms with Gasteiger partial charge in [0.2, 0.25) is 0 Å². The third kappa shape index (κ3) is 6.20. The van der Waals surface area contributed by atoms with Gasteiger partial charge in [-0.3, -0.25) is 0 Å². The van der Waals surface area contributed by atoms with Crippen molar-refractivity contribution in [2.24, 2.45) is 7.05 Å². The van der Waals surface area contributed by atoms with Crippen molar-refractivity contribution in [2.45, 2.75) is 39.7 Å². The van der Waals surface area contributed by atoms with E-state index in [-0.39, 0.29) is 5.92 Å². The van der Waals surface area contributed by atoms with Crippen LogP contribution in [0.25, 0.3) is 11.1 Å². The Morgan fingerprint density at radius 2 is 1.83 bits per heavy atom. The number of aromatic nitrogens is 2. The van der Waals surface area contributed by atoms with Gasteiger partial charge in [-0.2, -0.15) is 0 Å². The van der Waals surface area contributed by atoms with E-state index < -0.39 is 0 Å². The minimum absolute atomic E-state index is 0.120. The topological polar surface area (TPSA) is 8.81 Å². The summed E-state index contributed by atoms with van der Waals surface area (Å²) in [5.74, 6) is 1.20. The standard InChI is InChI=1S/C34H39N2/c1-7-10-15-21-28(5)34-35(6)32(30(9-3)24-11-8-2)33(31-25-19-13-12-16-20-27(31)4)36(34)26-29-22-17-14-18-23-29/h7-15,17-25,31H,3,5,16,26H2,1-2,4,6H3/q+1/b10-7-,11-8-,13-12-,21-15-,25-19-,27-20?,30-24+. The number of rotatable bonds is 9. The Labute approximate surface area is 217 Å². The van der Waals surface area contributed by atoms with Gasteiger partial charge >= 0.3 is 0 Å². The lowest BCUT2D eigenvalue weighted by molar-refractivity contribution is -0.675. The highest BCUT2D eigenvalue weighted by Crippen LogP contribution is 2.35. The van der Waals surface area contributed by atoms with Crippen molar-refractivity contribution in [3.05, 3.63) is 151 Å². The molecule has 1 aliphatic carbocycles. The molecular formula is C34H39N2+. The molecule has 1 heterocycles. The van der Waals surface area contributed by atoms with E-state index in [1.54, 1.807) is 0 Å². The molecule has 0 amide bonds. The monoisotopic (exact) mass is 475 g/mol. The van der Waals surface area contributed by atoms with Crippen molar-refractivity contribution >= 4 is 11.1 Å². The summed E-state index contributed by atoms with van der Waals surface area (Å²) in [6.45, 7) is 15.7. The molecule has 36 heavy (non-hydrogen) atoms. The fourth-order valence-electron chi connectivity index (χ4n) is 4.65. The van der Waals surface area contributed by atoms with Gasteiger partial charge in [0.1, 0.15) is 6.54 Å². The highest BCUT2D eigenvalue weighted by Gasteiger charge is 2.35. The van der Waals surface area contributed by atoms with Crippen LogP contribution in [-0.2, 0) is 13.6 Å². The molecule has 1 unspecified atom stereocenters. The molecule has 0 saturated heterocycles. The summed E-state index contributed by atoms with van der Waals surface area (Å²) in [6.07, 6.45) is 28.5. The van der Waals surface area contributed by atoms with Gasteiger partial charge in [0, 0.05) is 5.57 Å². The number of allylic oxidation sites excluding steroid dienone is 16. The molecule has 1 aliphatic rings. The zero-order valence-electron chi connectivity index (χ0n) is 22.2. The summed E-state index contributed by atoms with van der Waals surface area (Å²) in [7, 11) is 2.14. The second kappa shape index (κ2) is 13.3. The summed E-state index contributed by atoms with van der Waals surface area (Å²) >= 11 is 0. The highest BCUT2D eigenvalue weighted by molar-refractivity contribution is 5.75. The highest BCUT2D eigenvalue weighted by atomic mass is 15.2. The fourth-order valence-corrected chi connectivity index (χ4v) is 4.65. The molecule has 2 aromatic rings. The van der Waals surface area contributed by atoms with E-state index in [0.717, 1.165) is 35.6 Å². The van der Waals surface area contributed by atoms with Crippen LogP contribution < -0.4 is 4.57 Å². The number of hydrogen-bond acceptors (Lipinski definition) is 0. The summed E-state index contributed by atoms with van der Waals surface area (Å²) in [4.78, 5) is 0. The largest absolute Gasteiger partial charge is 0.289 e. The Hall–Kier alpha value is -3.91. The molecule has 0 N–H and O–H groups in total. The van der Waals surface area contributed by atoms with E-state index in [9.17, 15) is 0 Å². The summed E-state index contributed by atoms with van der Waals surface area (Å²) < 4.78 is 4.73. The van der Waals surface area contributed by atoms with E-state index in [4.69, 9.17) is 0 Å². The van der Waals surface area contributed by atoms with E-state index in [1.807, 2.05) is 32.1 Å². The minimum atomic E-state index is 0.120. The SMILES string of the molecule is C=C/C(=C\C=C/C)c1c(C2/C=C\C=C/CC=C2C)n(Cc2ccccc2)c(C(=C)/C=C\C=C/C)[n+]1C. The molecular weight excluding hydrogens is 436 g/mol. The van der Waals surface area contributed by atoms with Crippen molar-refractivity contribution in [2.75, 3.05) is 0 Å². The van der Waals surface area contributed by atoms with Crippen molar-refractivity contribution in [3.8, 4) is 0 Å². The number of nitrogens with zero attached hydrogens (tertiary/aromatic N) is 2. The van der Waals surface area contributed by atoms with Crippen molar-refractivity contribution in [3.63, 3.8) is 0 Å². The van der Waals surface area contributed by atoms with Crippen LogP contribution >= 0.6 is 0 Å². The number of imidazole rings is 1. The lowest BCUT2D eigenvalue weighted by Gasteiger charge is -2.16.